The maximum absolute atomic E-state index is 11.3. The van der Waals surface area contributed by atoms with E-state index in [1.54, 1.807) is 0 Å². The number of nitrogens with zero attached hydrogens (tertiary/aromatic N) is 4. The van der Waals surface area contributed by atoms with Crippen LogP contribution in [0.25, 0.3) is 11.3 Å². The highest BCUT2D eigenvalue weighted by Gasteiger charge is 2.36. The number of fused-ring (bicyclic) bond motifs is 6. The van der Waals surface area contributed by atoms with Crippen LogP contribution in [0.15, 0.2) is 89.1 Å². The summed E-state index contributed by atoms with van der Waals surface area (Å²) in [5, 5.41) is 12.3. The second kappa shape index (κ2) is 16.4. The van der Waals surface area contributed by atoms with Crippen LogP contribution in [-0.4, -0.2) is 27.5 Å². The summed E-state index contributed by atoms with van der Waals surface area (Å²) < 4.78 is 6.59. The van der Waals surface area contributed by atoms with Crippen molar-refractivity contribution in [2.75, 3.05) is 17.2 Å². The number of aliphatic imine (C=N–C) groups is 1. The lowest BCUT2D eigenvalue weighted by atomic mass is 9.74. The van der Waals surface area contributed by atoms with Gasteiger partial charge in [-0.25, -0.2) is 10.4 Å². The minimum absolute atomic E-state index is 0.0356. The van der Waals surface area contributed by atoms with Gasteiger partial charge < -0.3 is 4.74 Å². The molecule has 6 rings (SSSR count). The fraction of sp³-hybridized carbons (Fsp3) is 0.477. The van der Waals surface area contributed by atoms with Gasteiger partial charge in [-0.1, -0.05) is 102 Å². The lowest BCUT2D eigenvalue weighted by molar-refractivity contribution is 0.195. The summed E-state index contributed by atoms with van der Waals surface area (Å²) in [7, 11) is 0. The van der Waals surface area contributed by atoms with Gasteiger partial charge in [0.25, 0.3) is 0 Å². The molecule has 2 aromatic carbocycles. The summed E-state index contributed by atoms with van der Waals surface area (Å²) in [5.41, 5.74) is 13.0. The minimum Gasteiger partial charge on any atom is -0.477 e. The molecule has 2 aliphatic carbocycles. The zero-order valence-corrected chi connectivity index (χ0v) is 32.4. The molecule has 3 aliphatic rings. The van der Waals surface area contributed by atoms with Crippen molar-refractivity contribution in [1.29, 1.82) is 0 Å². The Morgan fingerprint density at radius 2 is 1.67 bits per heavy atom. The van der Waals surface area contributed by atoms with Crippen molar-refractivity contribution in [3.05, 3.63) is 101 Å². The van der Waals surface area contributed by atoms with Crippen LogP contribution in [0.1, 0.15) is 110 Å². The van der Waals surface area contributed by atoms with Crippen molar-refractivity contribution < 1.29 is 9.94 Å². The third-order valence-electron chi connectivity index (χ3n) is 10.6. The standard InChI is InChI=1S/C40H51N5O2.C4H8/c1-10-33(41-34(25(2)3)21-28(6)40(7,8)9)32-20-12-11-17-30-24-47-36-23-35(37-26(4)15-13-16-27(37)5)42-39(43-36)44-45(46)31-19-14-18-29(22-31)38(30)32;1-4-2-3-4/h10,13-16,18-19,21-23,30,32,38,46H,2,11-12,17,20,24H2,1,3-9H3,(H,42,43,44);4H,2-3H2,1H3/b28-21+,33-10-,41-34+;. The van der Waals surface area contributed by atoms with Gasteiger partial charge in [-0.15, -0.1) is 0 Å². The monoisotopic (exact) mass is 689 g/mol. The Morgan fingerprint density at radius 1 is 1.00 bits per heavy atom. The first-order chi connectivity index (χ1) is 24.2. The van der Waals surface area contributed by atoms with E-state index < -0.39 is 0 Å². The Hall–Kier alpha value is -4.23. The molecule has 7 heteroatoms. The number of ether oxygens (including phenoxy) is 1. The van der Waals surface area contributed by atoms with E-state index in [0.29, 0.717) is 18.2 Å². The van der Waals surface area contributed by atoms with Crippen molar-refractivity contribution in [1.82, 2.24) is 9.97 Å². The molecule has 272 valence electrons. The SMILES string of the molecule is C=C(C)C(/C=C(\C)C(C)(C)C)=N/C(=C\C)C1CCCCC2COc3cc(-c4c(C)cccc4C)nc(n3)NN(O)c3cccc(c3)C21.CC1CC1. The third kappa shape index (κ3) is 9.76. The molecule has 0 amide bonds. The lowest BCUT2D eigenvalue weighted by Crippen LogP contribution is -2.30. The number of hydrazine groups is 1. The first-order valence-corrected chi connectivity index (χ1v) is 18.8. The molecule has 3 aromatic rings. The number of rotatable bonds is 5. The first-order valence-electron chi connectivity index (χ1n) is 18.8. The van der Waals surface area contributed by atoms with Crippen LogP contribution in [0.3, 0.4) is 0 Å². The zero-order valence-electron chi connectivity index (χ0n) is 32.4. The van der Waals surface area contributed by atoms with Crippen LogP contribution < -0.4 is 15.3 Å². The number of nitrogens with one attached hydrogen (secondary N) is 1. The Balaban J connectivity index is 0.00000118. The van der Waals surface area contributed by atoms with Crippen molar-refractivity contribution in [3.63, 3.8) is 0 Å². The van der Waals surface area contributed by atoms with Gasteiger partial charge >= 0.3 is 0 Å². The van der Waals surface area contributed by atoms with Gasteiger partial charge in [0, 0.05) is 29.2 Å². The summed E-state index contributed by atoms with van der Waals surface area (Å²) in [6.45, 7) is 24.2. The average molecular weight is 690 g/mol. The molecule has 2 heterocycles. The van der Waals surface area contributed by atoms with Crippen molar-refractivity contribution in [3.8, 4) is 17.1 Å². The predicted octanol–water partition coefficient (Wildman–Crippen LogP) is 11.6. The van der Waals surface area contributed by atoms with Gasteiger partial charge in [0.05, 0.1) is 23.7 Å². The number of allylic oxidation sites excluding steroid dienone is 5. The summed E-state index contributed by atoms with van der Waals surface area (Å²) in [5.74, 6) is 2.29. The van der Waals surface area contributed by atoms with Crippen LogP contribution in [0.2, 0.25) is 0 Å². The second-order valence-electron chi connectivity index (χ2n) is 15.9. The normalized spacial score (nSPS) is 21.4. The predicted molar refractivity (Wildman–Crippen MR) is 213 cm³/mol. The molecule has 3 unspecified atom stereocenters. The van der Waals surface area contributed by atoms with Crippen LogP contribution in [0, 0.1) is 37.0 Å². The Morgan fingerprint density at radius 3 is 2.29 bits per heavy atom. The number of hydrogen-bond acceptors (Lipinski definition) is 7. The molecule has 0 spiro atoms. The Bertz CT molecular complexity index is 1770. The van der Waals surface area contributed by atoms with E-state index in [-0.39, 0.29) is 29.1 Å². The number of hydrogen-bond donors (Lipinski definition) is 2. The molecule has 1 aromatic heterocycles. The highest BCUT2D eigenvalue weighted by Crippen LogP contribution is 2.46. The van der Waals surface area contributed by atoms with Gasteiger partial charge in [0.2, 0.25) is 11.8 Å². The van der Waals surface area contributed by atoms with E-state index >= 15 is 0 Å². The van der Waals surface area contributed by atoms with Gasteiger partial charge in [0.15, 0.2) is 0 Å². The van der Waals surface area contributed by atoms with E-state index in [2.05, 4.69) is 109 Å². The van der Waals surface area contributed by atoms with Crippen LogP contribution in [0.5, 0.6) is 5.88 Å². The van der Waals surface area contributed by atoms with Gasteiger partial charge in [-0.05, 0) is 105 Å². The van der Waals surface area contributed by atoms with Crippen molar-refractivity contribution in [2.24, 2.45) is 28.2 Å². The molecule has 4 bridgehead atoms. The molecule has 2 N–H and O–H groups in total. The number of anilines is 2. The summed E-state index contributed by atoms with van der Waals surface area (Å²) in [6, 6.07) is 16.3. The molecule has 51 heavy (non-hydrogen) atoms. The highest BCUT2D eigenvalue weighted by molar-refractivity contribution is 6.08. The van der Waals surface area contributed by atoms with Crippen LogP contribution in [0.4, 0.5) is 11.6 Å². The van der Waals surface area contributed by atoms with E-state index in [9.17, 15) is 5.21 Å². The molecule has 3 atom stereocenters. The molecule has 0 radical (unpaired) electrons. The van der Waals surface area contributed by atoms with Crippen LogP contribution in [-0.2, 0) is 0 Å². The van der Waals surface area contributed by atoms with Crippen molar-refractivity contribution in [2.45, 2.75) is 107 Å². The fourth-order valence-electron chi connectivity index (χ4n) is 6.93. The van der Waals surface area contributed by atoms with Gasteiger partial charge in [-0.2, -0.15) is 10.2 Å². The number of aromatic nitrogens is 2. The van der Waals surface area contributed by atoms with E-state index in [1.807, 2.05) is 31.2 Å². The quantitative estimate of drug-likeness (QED) is 0.259. The molecule has 2 fully saturated rings. The smallest absolute Gasteiger partial charge is 0.247 e. The number of aryl methyl sites for hydroxylation is 2. The Kier molecular flexibility index (Phi) is 12.2. The molecule has 2 saturated carbocycles. The third-order valence-corrected chi connectivity index (χ3v) is 10.6. The molecule has 1 aliphatic heterocycles. The maximum Gasteiger partial charge on any atom is 0.247 e. The maximum atomic E-state index is 11.3. The molecule has 7 nitrogen and oxygen atoms in total. The van der Waals surface area contributed by atoms with Crippen LogP contribution >= 0.6 is 0 Å². The van der Waals surface area contributed by atoms with E-state index in [1.165, 1.54) is 18.4 Å². The summed E-state index contributed by atoms with van der Waals surface area (Å²) >= 11 is 0. The first kappa shape index (κ1) is 38.0. The second-order valence-corrected chi connectivity index (χ2v) is 15.9. The Labute approximate surface area is 306 Å². The minimum atomic E-state index is 0.0356. The average Bonchev–Trinajstić information content (AvgIpc) is 3.90. The largest absolute Gasteiger partial charge is 0.477 e. The summed E-state index contributed by atoms with van der Waals surface area (Å²) in [6.07, 6.45) is 11.6. The lowest BCUT2D eigenvalue weighted by Gasteiger charge is -2.33. The topological polar surface area (TPSA) is 82.9 Å². The summed E-state index contributed by atoms with van der Waals surface area (Å²) in [4.78, 5) is 14.8. The van der Waals surface area contributed by atoms with E-state index in [0.717, 1.165) is 81.7 Å². The highest BCUT2D eigenvalue weighted by atomic mass is 16.5. The van der Waals surface area contributed by atoms with E-state index in [4.69, 9.17) is 14.7 Å². The molecular formula is C44H59N5O2. The van der Waals surface area contributed by atoms with Gasteiger partial charge in [0.1, 0.15) is 0 Å². The van der Waals surface area contributed by atoms with Gasteiger partial charge in [-0.3, -0.25) is 10.2 Å². The molecule has 0 saturated heterocycles. The zero-order chi connectivity index (χ0) is 36.9. The molecular weight excluding hydrogens is 631 g/mol. The fourth-order valence-corrected chi connectivity index (χ4v) is 6.93. The number of benzene rings is 2. The van der Waals surface area contributed by atoms with Crippen molar-refractivity contribution >= 4 is 17.3 Å².